The van der Waals surface area contributed by atoms with Gasteiger partial charge in [0.2, 0.25) is 5.09 Å². The van der Waals surface area contributed by atoms with Gasteiger partial charge in [0.05, 0.1) is 6.54 Å². The van der Waals surface area contributed by atoms with Crippen LogP contribution in [0.25, 0.3) is 0 Å². The third kappa shape index (κ3) is 4.09. The Labute approximate surface area is 107 Å². The molecular formula is C11H20N2O4S. The quantitative estimate of drug-likeness (QED) is 0.669. The molecule has 0 fully saturated rings. The molecule has 0 bridgehead atoms. The highest BCUT2D eigenvalue weighted by Gasteiger charge is 2.24. The van der Waals surface area contributed by atoms with Gasteiger partial charge in [-0.15, -0.1) is 0 Å². The van der Waals surface area contributed by atoms with Crippen molar-refractivity contribution in [1.82, 2.24) is 4.72 Å². The Hall–Kier alpha value is -0.890. The molecule has 0 aliphatic heterocycles. The van der Waals surface area contributed by atoms with Gasteiger partial charge in [0, 0.05) is 13.2 Å². The average Bonchev–Trinajstić information content (AvgIpc) is 2.76. The monoisotopic (exact) mass is 276 g/mol. The highest BCUT2D eigenvalue weighted by molar-refractivity contribution is 7.89. The van der Waals surface area contributed by atoms with Gasteiger partial charge >= 0.3 is 0 Å². The van der Waals surface area contributed by atoms with Crippen LogP contribution in [0.3, 0.4) is 0 Å². The van der Waals surface area contributed by atoms with E-state index in [4.69, 9.17) is 15.3 Å². The molecular weight excluding hydrogens is 256 g/mol. The highest BCUT2D eigenvalue weighted by atomic mass is 32.2. The summed E-state index contributed by atoms with van der Waals surface area (Å²) in [6.07, 6.45) is 0.516. The van der Waals surface area contributed by atoms with Gasteiger partial charge in [0.15, 0.2) is 0 Å². The molecule has 0 spiro atoms. The number of furan rings is 1. The van der Waals surface area contributed by atoms with Crippen LogP contribution in [0, 0.1) is 5.41 Å². The van der Waals surface area contributed by atoms with Crippen molar-refractivity contribution >= 4 is 10.0 Å². The zero-order chi connectivity index (χ0) is 13.8. The molecule has 1 aromatic rings. The second-order valence-electron chi connectivity index (χ2n) is 4.89. The summed E-state index contributed by atoms with van der Waals surface area (Å²) in [5, 5.41) is 8.74. The van der Waals surface area contributed by atoms with E-state index in [-0.39, 0.29) is 30.2 Å². The third-order valence-electron chi connectivity index (χ3n) is 2.63. The molecule has 0 unspecified atom stereocenters. The minimum Gasteiger partial charge on any atom is -0.447 e. The van der Waals surface area contributed by atoms with Crippen molar-refractivity contribution in [3.05, 3.63) is 17.9 Å². The largest absolute Gasteiger partial charge is 0.447 e. The summed E-state index contributed by atoms with van der Waals surface area (Å²) in [6, 6.07) is 2.91. The smallest absolute Gasteiger partial charge is 0.273 e. The van der Waals surface area contributed by atoms with Gasteiger partial charge in [-0.1, -0.05) is 13.8 Å². The van der Waals surface area contributed by atoms with Crippen molar-refractivity contribution < 1.29 is 17.9 Å². The van der Waals surface area contributed by atoms with E-state index in [1.54, 1.807) is 0 Å². The van der Waals surface area contributed by atoms with Gasteiger partial charge in [-0.05, 0) is 24.0 Å². The molecule has 0 aromatic carbocycles. The number of aliphatic hydroxyl groups is 1. The van der Waals surface area contributed by atoms with Crippen LogP contribution in [0.4, 0.5) is 0 Å². The van der Waals surface area contributed by atoms with E-state index in [0.717, 1.165) is 0 Å². The minimum atomic E-state index is -3.65. The molecule has 0 atom stereocenters. The lowest BCUT2D eigenvalue weighted by molar-refractivity contribution is 0.213. The molecule has 0 radical (unpaired) electrons. The zero-order valence-electron chi connectivity index (χ0n) is 10.6. The summed E-state index contributed by atoms with van der Waals surface area (Å²) in [4.78, 5) is 0. The summed E-state index contributed by atoms with van der Waals surface area (Å²) >= 11 is 0. The van der Waals surface area contributed by atoms with E-state index in [9.17, 15) is 8.42 Å². The van der Waals surface area contributed by atoms with E-state index in [2.05, 4.69) is 4.72 Å². The lowest BCUT2D eigenvalue weighted by Crippen LogP contribution is -2.34. The maximum absolute atomic E-state index is 11.9. The van der Waals surface area contributed by atoms with Gasteiger partial charge in [-0.2, -0.15) is 0 Å². The molecule has 104 valence electrons. The topological polar surface area (TPSA) is 106 Å². The second kappa shape index (κ2) is 5.83. The van der Waals surface area contributed by atoms with Crippen LogP contribution in [0.1, 0.15) is 26.0 Å². The molecule has 0 amide bonds. The first kappa shape index (κ1) is 15.2. The molecule has 0 saturated heterocycles. The molecule has 4 N–H and O–H groups in total. The Morgan fingerprint density at radius 3 is 2.61 bits per heavy atom. The van der Waals surface area contributed by atoms with Crippen LogP contribution in [0.5, 0.6) is 0 Å². The van der Waals surface area contributed by atoms with E-state index in [1.807, 2.05) is 13.8 Å². The van der Waals surface area contributed by atoms with E-state index in [0.29, 0.717) is 12.2 Å². The van der Waals surface area contributed by atoms with Gasteiger partial charge in [-0.25, -0.2) is 13.1 Å². The average molecular weight is 276 g/mol. The molecule has 1 heterocycles. The number of sulfonamides is 1. The Bertz CT molecular complexity index is 479. The van der Waals surface area contributed by atoms with Crippen molar-refractivity contribution in [2.24, 2.45) is 11.1 Å². The SMILES string of the molecule is CC(C)(CCO)CNS(=O)(=O)c1ccc(CN)o1. The lowest BCUT2D eigenvalue weighted by atomic mass is 9.90. The van der Waals surface area contributed by atoms with Gasteiger partial charge < -0.3 is 15.3 Å². The molecule has 0 saturated carbocycles. The fourth-order valence-electron chi connectivity index (χ4n) is 1.36. The fraction of sp³-hybridized carbons (Fsp3) is 0.636. The second-order valence-corrected chi connectivity index (χ2v) is 6.59. The van der Waals surface area contributed by atoms with Crippen LogP contribution in [0.2, 0.25) is 0 Å². The van der Waals surface area contributed by atoms with Crippen molar-refractivity contribution in [1.29, 1.82) is 0 Å². The zero-order valence-corrected chi connectivity index (χ0v) is 11.5. The number of hydrogen-bond acceptors (Lipinski definition) is 5. The fourth-order valence-corrected chi connectivity index (χ4v) is 2.55. The molecule has 18 heavy (non-hydrogen) atoms. The minimum absolute atomic E-state index is 0.0206. The molecule has 0 aliphatic rings. The molecule has 1 rings (SSSR count). The molecule has 6 nitrogen and oxygen atoms in total. The maximum atomic E-state index is 11.9. The van der Waals surface area contributed by atoms with Crippen molar-refractivity contribution in [3.63, 3.8) is 0 Å². The maximum Gasteiger partial charge on any atom is 0.273 e. The first-order chi connectivity index (χ1) is 8.30. The predicted molar refractivity (Wildman–Crippen MR) is 67.3 cm³/mol. The number of rotatable bonds is 7. The lowest BCUT2D eigenvalue weighted by Gasteiger charge is -2.23. The first-order valence-electron chi connectivity index (χ1n) is 5.70. The van der Waals surface area contributed by atoms with Crippen LogP contribution in [-0.2, 0) is 16.6 Å². The van der Waals surface area contributed by atoms with Crippen molar-refractivity contribution in [2.75, 3.05) is 13.2 Å². The normalized spacial score (nSPS) is 12.9. The highest BCUT2D eigenvalue weighted by Crippen LogP contribution is 2.20. The van der Waals surface area contributed by atoms with Crippen molar-refractivity contribution in [3.8, 4) is 0 Å². The Balaban J connectivity index is 2.71. The first-order valence-corrected chi connectivity index (χ1v) is 7.18. The predicted octanol–water partition coefficient (Wildman–Crippen LogP) is 0.425. The Kier molecular flexibility index (Phi) is 4.92. The standard InChI is InChI=1S/C11H20N2O4S/c1-11(2,5-6-14)8-13-18(15,16)10-4-3-9(7-12)17-10/h3-4,13-14H,5-8,12H2,1-2H3. The van der Waals surface area contributed by atoms with E-state index < -0.39 is 10.0 Å². The number of aliphatic hydroxyl groups excluding tert-OH is 1. The molecule has 7 heteroatoms. The van der Waals surface area contributed by atoms with E-state index >= 15 is 0 Å². The van der Waals surface area contributed by atoms with Gasteiger partial charge in [-0.3, -0.25) is 0 Å². The Morgan fingerprint density at radius 2 is 2.11 bits per heavy atom. The molecule has 1 aromatic heterocycles. The Morgan fingerprint density at radius 1 is 1.44 bits per heavy atom. The van der Waals surface area contributed by atoms with Crippen LogP contribution < -0.4 is 10.5 Å². The summed E-state index contributed by atoms with van der Waals surface area (Å²) in [5.74, 6) is 0.421. The van der Waals surface area contributed by atoms with Crippen LogP contribution in [0.15, 0.2) is 21.6 Å². The number of nitrogens with two attached hydrogens (primary N) is 1. The van der Waals surface area contributed by atoms with Gasteiger partial charge in [0.1, 0.15) is 5.76 Å². The summed E-state index contributed by atoms with van der Waals surface area (Å²) < 4.78 is 31.4. The third-order valence-corrected chi connectivity index (χ3v) is 3.91. The van der Waals surface area contributed by atoms with Crippen LogP contribution in [-0.4, -0.2) is 26.7 Å². The van der Waals surface area contributed by atoms with Crippen LogP contribution >= 0.6 is 0 Å². The van der Waals surface area contributed by atoms with Crippen molar-refractivity contribution in [2.45, 2.75) is 31.9 Å². The summed E-state index contributed by atoms with van der Waals surface area (Å²) in [5.41, 5.74) is 5.04. The molecule has 0 aliphatic carbocycles. The van der Waals surface area contributed by atoms with E-state index in [1.165, 1.54) is 12.1 Å². The number of nitrogens with one attached hydrogen (secondary N) is 1. The number of hydrogen-bond donors (Lipinski definition) is 3. The summed E-state index contributed by atoms with van der Waals surface area (Å²) in [6.45, 7) is 4.16. The summed E-state index contributed by atoms with van der Waals surface area (Å²) in [7, 11) is -3.65. The van der Waals surface area contributed by atoms with Gasteiger partial charge in [0.25, 0.3) is 10.0 Å².